The molecule has 134 valence electrons. The Labute approximate surface area is 139 Å². The first kappa shape index (κ1) is 18.7. The Bertz CT molecular complexity index is 542. The second-order valence-corrected chi connectivity index (χ2v) is 6.12. The SMILES string of the molecule is CC(N)(C(=O)NCC(N1CCNCC1)C(F)(F)F)c1ccccc1. The molecular formula is C16H23F3N4O. The number of benzene rings is 1. The fourth-order valence-electron chi connectivity index (χ4n) is 2.73. The third kappa shape index (κ3) is 4.46. The third-order valence-corrected chi connectivity index (χ3v) is 4.27. The fourth-order valence-corrected chi connectivity index (χ4v) is 2.73. The van der Waals surface area contributed by atoms with E-state index in [2.05, 4.69) is 10.6 Å². The Morgan fingerprint density at radius 3 is 2.42 bits per heavy atom. The third-order valence-electron chi connectivity index (χ3n) is 4.27. The Hall–Kier alpha value is -1.64. The molecule has 1 saturated heterocycles. The zero-order valence-corrected chi connectivity index (χ0v) is 13.6. The van der Waals surface area contributed by atoms with Gasteiger partial charge in [-0.1, -0.05) is 30.3 Å². The maximum atomic E-state index is 13.3. The van der Waals surface area contributed by atoms with Crippen LogP contribution in [-0.4, -0.2) is 55.7 Å². The number of nitrogens with two attached hydrogens (primary N) is 1. The summed E-state index contributed by atoms with van der Waals surface area (Å²) in [6.45, 7) is 2.56. The molecular weight excluding hydrogens is 321 g/mol. The first-order valence-corrected chi connectivity index (χ1v) is 7.87. The fraction of sp³-hybridized carbons (Fsp3) is 0.562. The van der Waals surface area contributed by atoms with Crippen LogP contribution in [0.3, 0.4) is 0 Å². The molecule has 24 heavy (non-hydrogen) atoms. The topological polar surface area (TPSA) is 70.4 Å². The summed E-state index contributed by atoms with van der Waals surface area (Å²) in [6.07, 6.45) is -4.41. The van der Waals surface area contributed by atoms with Crippen LogP contribution in [0.4, 0.5) is 13.2 Å². The van der Waals surface area contributed by atoms with Crippen LogP contribution in [0.2, 0.25) is 0 Å². The van der Waals surface area contributed by atoms with Crippen molar-refractivity contribution in [2.45, 2.75) is 24.7 Å². The molecule has 1 amide bonds. The molecule has 4 N–H and O–H groups in total. The molecule has 2 unspecified atom stereocenters. The van der Waals surface area contributed by atoms with Gasteiger partial charge in [-0.05, 0) is 12.5 Å². The zero-order chi connectivity index (χ0) is 17.8. The lowest BCUT2D eigenvalue weighted by molar-refractivity contribution is -0.184. The van der Waals surface area contributed by atoms with Gasteiger partial charge in [0.2, 0.25) is 5.91 Å². The minimum atomic E-state index is -4.41. The molecule has 0 spiro atoms. The van der Waals surface area contributed by atoms with Gasteiger partial charge in [0.25, 0.3) is 0 Å². The van der Waals surface area contributed by atoms with E-state index in [1.807, 2.05) is 0 Å². The largest absolute Gasteiger partial charge is 0.405 e. The summed E-state index contributed by atoms with van der Waals surface area (Å²) in [5.74, 6) is -0.627. The minimum Gasteiger partial charge on any atom is -0.352 e. The van der Waals surface area contributed by atoms with Gasteiger partial charge in [-0.25, -0.2) is 0 Å². The lowest BCUT2D eigenvalue weighted by Crippen LogP contribution is -2.59. The van der Waals surface area contributed by atoms with E-state index in [9.17, 15) is 18.0 Å². The van der Waals surface area contributed by atoms with Crippen LogP contribution in [0.25, 0.3) is 0 Å². The molecule has 2 rings (SSSR count). The normalized spacial score (nSPS) is 20.2. The number of carbonyl (C=O) groups is 1. The predicted molar refractivity (Wildman–Crippen MR) is 85.3 cm³/mol. The molecule has 5 nitrogen and oxygen atoms in total. The van der Waals surface area contributed by atoms with E-state index in [1.165, 1.54) is 11.8 Å². The predicted octanol–water partition coefficient (Wildman–Crippen LogP) is 0.813. The van der Waals surface area contributed by atoms with Gasteiger partial charge in [0.05, 0.1) is 0 Å². The molecule has 2 atom stereocenters. The number of piperazine rings is 1. The van der Waals surface area contributed by atoms with Crippen molar-refractivity contribution in [3.8, 4) is 0 Å². The van der Waals surface area contributed by atoms with Crippen LogP contribution < -0.4 is 16.4 Å². The van der Waals surface area contributed by atoms with Crippen LogP contribution in [0.15, 0.2) is 30.3 Å². The Morgan fingerprint density at radius 1 is 1.29 bits per heavy atom. The summed E-state index contributed by atoms with van der Waals surface area (Å²) >= 11 is 0. The van der Waals surface area contributed by atoms with E-state index in [1.54, 1.807) is 30.3 Å². The van der Waals surface area contributed by atoms with Crippen LogP contribution in [0, 0.1) is 0 Å². The van der Waals surface area contributed by atoms with E-state index in [-0.39, 0.29) is 0 Å². The highest BCUT2D eigenvalue weighted by Gasteiger charge is 2.44. The number of hydrogen-bond acceptors (Lipinski definition) is 4. The van der Waals surface area contributed by atoms with Gasteiger partial charge < -0.3 is 16.4 Å². The molecule has 1 aromatic rings. The number of nitrogens with zero attached hydrogens (tertiary/aromatic N) is 1. The zero-order valence-electron chi connectivity index (χ0n) is 13.6. The van der Waals surface area contributed by atoms with Gasteiger partial charge in [-0.15, -0.1) is 0 Å². The number of rotatable bonds is 5. The van der Waals surface area contributed by atoms with Gasteiger partial charge >= 0.3 is 6.18 Å². The highest BCUT2D eigenvalue weighted by Crippen LogP contribution is 2.25. The molecule has 0 radical (unpaired) electrons. The highest BCUT2D eigenvalue weighted by atomic mass is 19.4. The van der Waals surface area contributed by atoms with Crippen molar-refractivity contribution < 1.29 is 18.0 Å². The molecule has 1 aromatic carbocycles. The van der Waals surface area contributed by atoms with Crippen molar-refractivity contribution in [1.29, 1.82) is 0 Å². The quantitative estimate of drug-likeness (QED) is 0.739. The average molecular weight is 344 g/mol. The van der Waals surface area contributed by atoms with Crippen LogP contribution in [-0.2, 0) is 10.3 Å². The molecule has 1 aliphatic rings. The van der Waals surface area contributed by atoms with E-state index >= 15 is 0 Å². The first-order valence-electron chi connectivity index (χ1n) is 7.87. The Morgan fingerprint density at radius 2 is 1.88 bits per heavy atom. The maximum Gasteiger partial charge on any atom is 0.405 e. The van der Waals surface area contributed by atoms with Gasteiger partial charge in [0.15, 0.2) is 0 Å². The summed E-state index contributed by atoms with van der Waals surface area (Å²) in [7, 11) is 0. The molecule has 0 saturated carbocycles. The molecule has 8 heteroatoms. The van der Waals surface area contributed by atoms with Gasteiger partial charge in [0, 0.05) is 32.7 Å². The number of alkyl halides is 3. The maximum absolute atomic E-state index is 13.3. The lowest BCUT2D eigenvalue weighted by atomic mass is 9.92. The second kappa shape index (κ2) is 7.50. The number of nitrogens with one attached hydrogen (secondary N) is 2. The van der Waals surface area contributed by atoms with Crippen molar-refractivity contribution in [1.82, 2.24) is 15.5 Å². The average Bonchev–Trinajstić information content (AvgIpc) is 2.55. The molecule has 1 aliphatic heterocycles. The Kier molecular flexibility index (Phi) is 5.84. The summed E-state index contributed by atoms with van der Waals surface area (Å²) in [6, 6.07) is 6.88. The summed E-state index contributed by atoms with van der Waals surface area (Å²) in [5.41, 5.74) is 5.20. The molecule has 0 aliphatic carbocycles. The van der Waals surface area contributed by atoms with Gasteiger partial charge in [0.1, 0.15) is 11.6 Å². The molecule has 0 bridgehead atoms. The standard InChI is InChI=1S/C16H23F3N4O/c1-15(20,12-5-3-2-4-6-12)14(24)22-11-13(16(17,18)19)23-9-7-21-8-10-23/h2-6,13,21H,7-11,20H2,1H3,(H,22,24). The van der Waals surface area contributed by atoms with E-state index in [4.69, 9.17) is 5.73 Å². The highest BCUT2D eigenvalue weighted by molar-refractivity contribution is 5.87. The van der Waals surface area contributed by atoms with Gasteiger partial charge in [-0.2, -0.15) is 13.2 Å². The van der Waals surface area contributed by atoms with Crippen molar-refractivity contribution >= 4 is 5.91 Å². The van der Waals surface area contributed by atoms with Crippen LogP contribution in [0.1, 0.15) is 12.5 Å². The molecule has 0 aromatic heterocycles. The lowest BCUT2D eigenvalue weighted by Gasteiger charge is -2.36. The molecule has 1 fully saturated rings. The van der Waals surface area contributed by atoms with E-state index < -0.39 is 30.2 Å². The molecule has 1 heterocycles. The van der Waals surface area contributed by atoms with Gasteiger partial charge in [-0.3, -0.25) is 9.69 Å². The monoisotopic (exact) mass is 344 g/mol. The number of halogens is 3. The van der Waals surface area contributed by atoms with Crippen molar-refractivity contribution in [2.24, 2.45) is 5.73 Å². The number of carbonyl (C=O) groups excluding carboxylic acids is 1. The van der Waals surface area contributed by atoms with Crippen molar-refractivity contribution in [3.63, 3.8) is 0 Å². The summed E-state index contributed by atoms with van der Waals surface area (Å²) in [4.78, 5) is 13.7. The second-order valence-electron chi connectivity index (χ2n) is 6.12. The van der Waals surface area contributed by atoms with E-state index in [0.29, 0.717) is 31.7 Å². The Balaban J connectivity index is 2.04. The first-order chi connectivity index (χ1) is 11.2. The summed E-state index contributed by atoms with van der Waals surface area (Å²) < 4.78 is 40.0. The number of amides is 1. The van der Waals surface area contributed by atoms with Crippen LogP contribution >= 0.6 is 0 Å². The van der Waals surface area contributed by atoms with Crippen molar-refractivity contribution in [2.75, 3.05) is 32.7 Å². The summed E-state index contributed by atoms with van der Waals surface area (Å²) in [5, 5.41) is 5.39. The van der Waals surface area contributed by atoms with E-state index in [0.717, 1.165) is 0 Å². The minimum absolute atomic E-state index is 0.290. The number of hydrogen-bond donors (Lipinski definition) is 3. The smallest absolute Gasteiger partial charge is 0.352 e. The van der Waals surface area contributed by atoms with Crippen LogP contribution in [0.5, 0.6) is 0 Å². The van der Waals surface area contributed by atoms with Crippen molar-refractivity contribution in [3.05, 3.63) is 35.9 Å².